The highest BCUT2D eigenvalue weighted by molar-refractivity contribution is 9.09. The van der Waals surface area contributed by atoms with Gasteiger partial charge in [0, 0.05) is 4.83 Å². The molecule has 1 aromatic carbocycles. The average Bonchev–Trinajstić information content (AvgIpc) is 1.94. The van der Waals surface area contributed by atoms with Gasteiger partial charge in [-0.3, -0.25) is 0 Å². The summed E-state index contributed by atoms with van der Waals surface area (Å²) in [4.78, 5) is 0.161. The number of hydrogen-bond acceptors (Lipinski definition) is 0. The van der Waals surface area contributed by atoms with Crippen LogP contribution in [0.5, 0.6) is 0 Å². The molecule has 1 atom stereocenters. The van der Waals surface area contributed by atoms with Gasteiger partial charge in [0.25, 0.3) is 0 Å². The predicted molar refractivity (Wildman–Crippen MR) is 48.8 cm³/mol. The van der Waals surface area contributed by atoms with Crippen LogP contribution in [0.15, 0.2) is 18.2 Å². The summed E-state index contributed by atoms with van der Waals surface area (Å²) in [7, 11) is 0. The van der Waals surface area contributed by atoms with Crippen LogP contribution in [-0.2, 0) is 0 Å². The zero-order valence-corrected chi connectivity index (χ0v) is 8.29. The Morgan fingerprint density at radius 2 is 2.18 bits per heavy atom. The van der Waals surface area contributed by atoms with Crippen LogP contribution in [0.3, 0.4) is 0 Å². The van der Waals surface area contributed by atoms with Crippen LogP contribution in [0.1, 0.15) is 17.3 Å². The zero-order valence-electron chi connectivity index (χ0n) is 5.94. The highest BCUT2D eigenvalue weighted by Crippen LogP contribution is 2.24. The second-order valence-electron chi connectivity index (χ2n) is 2.29. The Balaban J connectivity index is 3.05. The van der Waals surface area contributed by atoms with E-state index < -0.39 is 0 Å². The molecule has 0 N–H and O–H groups in total. The van der Waals surface area contributed by atoms with Crippen LogP contribution in [0.25, 0.3) is 0 Å². The molecule has 0 bridgehead atoms. The fraction of sp³-hybridized carbons (Fsp3) is 0.250. The molecule has 3 heteroatoms. The summed E-state index contributed by atoms with van der Waals surface area (Å²) in [6, 6.07) is 4.79. The molecule has 1 rings (SSSR count). The van der Waals surface area contributed by atoms with Gasteiger partial charge in [0.15, 0.2) is 0 Å². The van der Waals surface area contributed by atoms with E-state index in [1.165, 1.54) is 6.07 Å². The Hall–Kier alpha value is -0.0800. The second-order valence-corrected chi connectivity index (χ2v) is 4.07. The van der Waals surface area contributed by atoms with Gasteiger partial charge in [-0.2, -0.15) is 0 Å². The predicted octanol–water partition coefficient (Wildman–Crippen LogP) is 3.94. The third kappa shape index (κ3) is 2.17. The lowest BCUT2D eigenvalue weighted by Gasteiger charge is -2.03. The molecule has 1 aromatic rings. The number of alkyl halides is 1. The molecule has 60 valence electrons. The first-order valence-corrected chi connectivity index (χ1v) is 4.49. The van der Waals surface area contributed by atoms with E-state index in [0.717, 1.165) is 5.56 Å². The van der Waals surface area contributed by atoms with Crippen LogP contribution in [0, 0.1) is 5.82 Å². The van der Waals surface area contributed by atoms with Crippen molar-refractivity contribution < 1.29 is 4.39 Å². The van der Waals surface area contributed by atoms with Crippen LogP contribution in [0.4, 0.5) is 4.39 Å². The monoisotopic (exact) mass is 236 g/mol. The molecule has 0 aromatic heterocycles. The summed E-state index contributed by atoms with van der Waals surface area (Å²) in [6.45, 7) is 1.93. The molecule has 0 saturated heterocycles. The van der Waals surface area contributed by atoms with E-state index in [4.69, 9.17) is 11.6 Å². The fourth-order valence-corrected chi connectivity index (χ4v) is 1.16. The van der Waals surface area contributed by atoms with Gasteiger partial charge in [-0.1, -0.05) is 33.6 Å². The van der Waals surface area contributed by atoms with Gasteiger partial charge in [-0.25, -0.2) is 4.39 Å². The highest BCUT2D eigenvalue weighted by atomic mass is 79.9. The Morgan fingerprint density at radius 1 is 1.55 bits per heavy atom. The van der Waals surface area contributed by atoms with Gasteiger partial charge in [-0.15, -0.1) is 0 Å². The summed E-state index contributed by atoms with van der Waals surface area (Å²) in [5.74, 6) is -0.365. The molecule has 0 saturated carbocycles. The van der Waals surface area contributed by atoms with Crippen molar-refractivity contribution in [1.82, 2.24) is 0 Å². The molecule has 0 aliphatic rings. The molecule has 0 nitrogen and oxygen atoms in total. The quantitative estimate of drug-likeness (QED) is 0.649. The summed E-state index contributed by atoms with van der Waals surface area (Å²) < 4.78 is 12.8. The summed E-state index contributed by atoms with van der Waals surface area (Å²) in [5, 5.41) is 0.168. The lowest BCUT2D eigenvalue weighted by Crippen LogP contribution is -1.85. The standard InChI is InChI=1S/C8H7BrClF/c1-5(9)6-2-3-7(10)8(11)4-6/h2-5H,1H3. The fourth-order valence-electron chi connectivity index (χ4n) is 0.760. The van der Waals surface area contributed by atoms with Crippen molar-refractivity contribution in [3.8, 4) is 0 Å². The van der Waals surface area contributed by atoms with E-state index in [1.54, 1.807) is 12.1 Å². The van der Waals surface area contributed by atoms with Crippen molar-refractivity contribution >= 4 is 27.5 Å². The van der Waals surface area contributed by atoms with Crippen molar-refractivity contribution in [3.63, 3.8) is 0 Å². The van der Waals surface area contributed by atoms with Crippen molar-refractivity contribution in [2.75, 3.05) is 0 Å². The molecule has 1 unspecified atom stereocenters. The Morgan fingerprint density at radius 3 is 2.64 bits per heavy atom. The maximum absolute atomic E-state index is 12.8. The van der Waals surface area contributed by atoms with E-state index in [1.807, 2.05) is 6.92 Å². The Labute approximate surface area is 78.5 Å². The topological polar surface area (TPSA) is 0 Å². The van der Waals surface area contributed by atoms with Crippen LogP contribution in [-0.4, -0.2) is 0 Å². The minimum absolute atomic E-state index is 0.161. The van der Waals surface area contributed by atoms with Gasteiger partial charge in [0.1, 0.15) is 5.82 Å². The molecule has 0 fully saturated rings. The Kier molecular flexibility index (Phi) is 2.90. The summed E-state index contributed by atoms with van der Waals surface area (Å²) in [6.07, 6.45) is 0. The lowest BCUT2D eigenvalue weighted by molar-refractivity contribution is 0.626. The number of rotatable bonds is 1. The van der Waals surface area contributed by atoms with Gasteiger partial charge in [0.2, 0.25) is 0 Å². The van der Waals surface area contributed by atoms with Gasteiger partial charge < -0.3 is 0 Å². The third-order valence-corrected chi connectivity index (χ3v) is 2.24. The smallest absolute Gasteiger partial charge is 0.142 e. The van der Waals surface area contributed by atoms with Crippen molar-refractivity contribution in [2.45, 2.75) is 11.8 Å². The average molecular weight is 237 g/mol. The highest BCUT2D eigenvalue weighted by Gasteiger charge is 2.04. The normalized spacial score (nSPS) is 13.1. The second kappa shape index (κ2) is 3.55. The maximum atomic E-state index is 12.8. The maximum Gasteiger partial charge on any atom is 0.142 e. The van der Waals surface area contributed by atoms with Crippen molar-refractivity contribution in [3.05, 3.63) is 34.6 Å². The van der Waals surface area contributed by atoms with Gasteiger partial charge in [0.05, 0.1) is 5.02 Å². The van der Waals surface area contributed by atoms with E-state index in [0.29, 0.717) is 0 Å². The van der Waals surface area contributed by atoms with Crippen LogP contribution in [0.2, 0.25) is 5.02 Å². The van der Waals surface area contributed by atoms with Crippen molar-refractivity contribution in [2.24, 2.45) is 0 Å². The van der Waals surface area contributed by atoms with E-state index in [9.17, 15) is 4.39 Å². The first-order chi connectivity index (χ1) is 5.11. The zero-order chi connectivity index (χ0) is 8.43. The molecular weight excluding hydrogens is 230 g/mol. The molecule has 0 amide bonds. The summed E-state index contributed by atoms with van der Waals surface area (Å²) in [5.41, 5.74) is 0.895. The largest absolute Gasteiger partial charge is 0.205 e. The van der Waals surface area contributed by atoms with Gasteiger partial charge in [-0.05, 0) is 24.6 Å². The first kappa shape index (κ1) is 9.01. The number of benzene rings is 1. The molecule has 0 aliphatic carbocycles. The van der Waals surface area contributed by atoms with Crippen molar-refractivity contribution in [1.29, 1.82) is 0 Å². The number of halogens is 3. The molecule has 0 spiro atoms. The molecule has 0 aliphatic heterocycles. The van der Waals surface area contributed by atoms with Gasteiger partial charge >= 0.3 is 0 Å². The van der Waals surface area contributed by atoms with Crippen LogP contribution >= 0.6 is 27.5 Å². The summed E-state index contributed by atoms with van der Waals surface area (Å²) >= 11 is 8.83. The molecule has 11 heavy (non-hydrogen) atoms. The van der Waals surface area contributed by atoms with Crippen LogP contribution < -0.4 is 0 Å². The minimum atomic E-state index is -0.365. The van der Waals surface area contributed by atoms with E-state index >= 15 is 0 Å². The SMILES string of the molecule is CC(Br)c1ccc(Cl)c(F)c1. The molecular formula is C8H7BrClF. The lowest BCUT2D eigenvalue weighted by atomic mass is 10.2. The molecule has 0 heterocycles. The Bertz CT molecular complexity index is 260. The number of hydrogen-bond donors (Lipinski definition) is 0. The first-order valence-electron chi connectivity index (χ1n) is 3.20. The third-order valence-electron chi connectivity index (χ3n) is 1.40. The minimum Gasteiger partial charge on any atom is -0.205 e. The van der Waals surface area contributed by atoms with E-state index in [-0.39, 0.29) is 15.7 Å². The molecule has 0 radical (unpaired) electrons. The van der Waals surface area contributed by atoms with E-state index in [2.05, 4.69) is 15.9 Å².